The summed E-state index contributed by atoms with van der Waals surface area (Å²) in [7, 11) is -3.81. The summed E-state index contributed by atoms with van der Waals surface area (Å²) >= 11 is 0. The Labute approximate surface area is 123 Å². The highest BCUT2D eigenvalue weighted by molar-refractivity contribution is 7.92. The molecule has 7 heteroatoms. The third-order valence-corrected chi connectivity index (χ3v) is 3.94. The predicted octanol–water partition coefficient (Wildman–Crippen LogP) is 2.72. The number of rotatable bonds is 6. The fourth-order valence-electron chi connectivity index (χ4n) is 1.63. The monoisotopic (exact) mass is 312 g/mol. The van der Waals surface area contributed by atoms with Gasteiger partial charge in [-0.05, 0) is 36.4 Å². The van der Waals surface area contributed by atoms with E-state index in [1.54, 1.807) is 6.07 Å². The second-order valence-electron chi connectivity index (χ2n) is 4.87. The molecule has 0 aliphatic rings. The van der Waals surface area contributed by atoms with Crippen LogP contribution in [-0.2, 0) is 16.6 Å². The van der Waals surface area contributed by atoms with Gasteiger partial charge in [0.15, 0.2) is 0 Å². The standard InChI is InChI=1S/C14H17FN2O3S/c1-10(2)16-9-13-7-8-14(20-13)21(18,19)17-12-5-3-11(15)4-6-12/h3-8,10,16-17H,9H2,1-2H3. The van der Waals surface area contributed by atoms with Crippen molar-refractivity contribution in [2.24, 2.45) is 0 Å². The highest BCUT2D eigenvalue weighted by Gasteiger charge is 2.19. The van der Waals surface area contributed by atoms with Gasteiger partial charge < -0.3 is 9.73 Å². The summed E-state index contributed by atoms with van der Waals surface area (Å²) in [5.41, 5.74) is 0.273. The minimum absolute atomic E-state index is 0.174. The van der Waals surface area contributed by atoms with Crippen molar-refractivity contribution >= 4 is 15.7 Å². The number of halogens is 1. The van der Waals surface area contributed by atoms with Gasteiger partial charge >= 0.3 is 0 Å². The Balaban J connectivity index is 2.10. The van der Waals surface area contributed by atoms with E-state index in [9.17, 15) is 12.8 Å². The van der Waals surface area contributed by atoms with Crippen molar-refractivity contribution in [3.8, 4) is 0 Å². The number of hydrogen-bond donors (Lipinski definition) is 2. The molecule has 0 aliphatic heterocycles. The van der Waals surface area contributed by atoms with Crippen LogP contribution in [0.2, 0.25) is 0 Å². The Morgan fingerprint density at radius 2 is 1.81 bits per heavy atom. The van der Waals surface area contributed by atoms with Gasteiger partial charge in [0.25, 0.3) is 10.0 Å². The quantitative estimate of drug-likeness (QED) is 0.860. The predicted molar refractivity (Wildman–Crippen MR) is 77.9 cm³/mol. The maximum Gasteiger partial charge on any atom is 0.295 e. The maximum atomic E-state index is 12.8. The molecule has 0 spiro atoms. The van der Waals surface area contributed by atoms with E-state index in [1.807, 2.05) is 13.8 Å². The summed E-state index contributed by atoms with van der Waals surface area (Å²) in [5.74, 6) is 0.0983. The average Bonchev–Trinajstić information content (AvgIpc) is 2.88. The largest absolute Gasteiger partial charge is 0.446 e. The highest BCUT2D eigenvalue weighted by atomic mass is 32.2. The topological polar surface area (TPSA) is 71.3 Å². The summed E-state index contributed by atoms with van der Waals surface area (Å²) in [6, 6.07) is 8.31. The van der Waals surface area contributed by atoms with Crippen LogP contribution in [0, 0.1) is 5.82 Å². The maximum absolute atomic E-state index is 12.8. The molecule has 1 aromatic carbocycles. The minimum atomic E-state index is -3.81. The van der Waals surface area contributed by atoms with Crippen LogP contribution in [0.4, 0.5) is 10.1 Å². The zero-order valence-electron chi connectivity index (χ0n) is 11.8. The van der Waals surface area contributed by atoms with E-state index in [2.05, 4.69) is 10.0 Å². The van der Waals surface area contributed by atoms with E-state index in [1.165, 1.54) is 30.3 Å². The summed E-state index contributed by atoms with van der Waals surface area (Å²) in [6.07, 6.45) is 0. The average molecular weight is 312 g/mol. The molecule has 1 heterocycles. The van der Waals surface area contributed by atoms with E-state index in [4.69, 9.17) is 4.42 Å². The van der Waals surface area contributed by atoms with Gasteiger partial charge in [0.1, 0.15) is 11.6 Å². The molecule has 114 valence electrons. The molecular formula is C14H17FN2O3S. The SMILES string of the molecule is CC(C)NCc1ccc(S(=O)(=O)Nc2ccc(F)cc2)o1. The van der Waals surface area contributed by atoms with Gasteiger partial charge in [-0.3, -0.25) is 4.72 Å². The molecule has 0 unspecified atom stereocenters. The molecular weight excluding hydrogens is 295 g/mol. The lowest BCUT2D eigenvalue weighted by molar-refractivity contribution is 0.396. The van der Waals surface area contributed by atoms with Crippen molar-refractivity contribution in [1.29, 1.82) is 0 Å². The first-order chi connectivity index (χ1) is 9.87. The van der Waals surface area contributed by atoms with Gasteiger partial charge in [-0.1, -0.05) is 13.8 Å². The minimum Gasteiger partial charge on any atom is -0.446 e. The molecule has 2 rings (SSSR count). The van der Waals surface area contributed by atoms with Crippen molar-refractivity contribution in [3.63, 3.8) is 0 Å². The first-order valence-electron chi connectivity index (χ1n) is 6.47. The number of hydrogen-bond acceptors (Lipinski definition) is 4. The smallest absolute Gasteiger partial charge is 0.295 e. The first-order valence-corrected chi connectivity index (χ1v) is 7.95. The molecule has 0 saturated carbocycles. The van der Waals surface area contributed by atoms with Crippen molar-refractivity contribution < 1.29 is 17.2 Å². The molecule has 21 heavy (non-hydrogen) atoms. The second-order valence-corrected chi connectivity index (χ2v) is 6.48. The van der Waals surface area contributed by atoms with Crippen LogP contribution < -0.4 is 10.0 Å². The van der Waals surface area contributed by atoms with Crippen molar-refractivity contribution in [2.45, 2.75) is 31.5 Å². The lowest BCUT2D eigenvalue weighted by Gasteiger charge is -2.06. The van der Waals surface area contributed by atoms with Gasteiger partial charge in [0.05, 0.1) is 6.54 Å². The van der Waals surface area contributed by atoms with Gasteiger partial charge in [-0.15, -0.1) is 0 Å². The third-order valence-electron chi connectivity index (χ3n) is 2.68. The molecule has 0 saturated heterocycles. The van der Waals surface area contributed by atoms with Crippen LogP contribution >= 0.6 is 0 Å². The Morgan fingerprint density at radius 3 is 2.43 bits per heavy atom. The molecule has 2 N–H and O–H groups in total. The summed E-state index contributed by atoms with van der Waals surface area (Å²) in [4.78, 5) is 0. The molecule has 2 aromatic rings. The molecule has 0 aliphatic carbocycles. The lowest BCUT2D eigenvalue weighted by Crippen LogP contribution is -2.21. The first kappa shape index (κ1) is 15.5. The fraction of sp³-hybridized carbons (Fsp3) is 0.286. The molecule has 0 amide bonds. The molecule has 5 nitrogen and oxygen atoms in total. The summed E-state index contributed by atoms with van der Waals surface area (Å²) < 4.78 is 44.7. The Kier molecular flexibility index (Phi) is 4.64. The van der Waals surface area contributed by atoms with E-state index >= 15 is 0 Å². The summed E-state index contributed by atoms with van der Waals surface area (Å²) in [5, 5.41) is 2.96. The van der Waals surface area contributed by atoms with Crippen LogP contribution in [0.15, 0.2) is 45.9 Å². The lowest BCUT2D eigenvalue weighted by atomic mass is 10.3. The Morgan fingerprint density at radius 1 is 1.14 bits per heavy atom. The van der Waals surface area contributed by atoms with Crippen molar-refractivity contribution in [1.82, 2.24) is 5.32 Å². The number of anilines is 1. The van der Waals surface area contributed by atoms with Gasteiger partial charge in [-0.2, -0.15) is 8.42 Å². The van der Waals surface area contributed by atoms with Crippen LogP contribution in [0.1, 0.15) is 19.6 Å². The van der Waals surface area contributed by atoms with Crippen molar-refractivity contribution in [2.75, 3.05) is 4.72 Å². The number of sulfonamides is 1. The Hall–Kier alpha value is -1.86. The zero-order valence-corrected chi connectivity index (χ0v) is 12.6. The van der Waals surface area contributed by atoms with Crippen LogP contribution in [0.25, 0.3) is 0 Å². The van der Waals surface area contributed by atoms with Gasteiger partial charge in [-0.25, -0.2) is 4.39 Å². The zero-order chi connectivity index (χ0) is 15.5. The van der Waals surface area contributed by atoms with E-state index in [0.29, 0.717) is 12.3 Å². The van der Waals surface area contributed by atoms with E-state index in [0.717, 1.165) is 0 Å². The normalized spacial score (nSPS) is 11.8. The molecule has 0 radical (unpaired) electrons. The molecule has 0 atom stereocenters. The van der Waals surface area contributed by atoms with E-state index < -0.39 is 15.8 Å². The second kappa shape index (κ2) is 6.28. The molecule has 1 aromatic heterocycles. The van der Waals surface area contributed by atoms with E-state index in [-0.39, 0.29) is 16.8 Å². The van der Waals surface area contributed by atoms with Crippen LogP contribution in [0.3, 0.4) is 0 Å². The summed E-state index contributed by atoms with van der Waals surface area (Å²) in [6.45, 7) is 4.41. The number of furan rings is 1. The molecule has 0 bridgehead atoms. The van der Waals surface area contributed by atoms with Gasteiger partial charge in [0.2, 0.25) is 5.09 Å². The number of nitrogens with one attached hydrogen (secondary N) is 2. The highest BCUT2D eigenvalue weighted by Crippen LogP contribution is 2.18. The van der Waals surface area contributed by atoms with Crippen molar-refractivity contribution in [3.05, 3.63) is 48.0 Å². The van der Waals surface area contributed by atoms with Crippen LogP contribution in [0.5, 0.6) is 0 Å². The van der Waals surface area contributed by atoms with Crippen LogP contribution in [-0.4, -0.2) is 14.5 Å². The van der Waals surface area contributed by atoms with Gasteiger partial charge in [0, 0.05) is 11.7 Å². The fourth-order valence-corrected chi connectivity index (χ4v) is 2.64. The molecule has 0 fully saturated rings. The Bertz CT molecular complexity index is 693. The number of benzene rings is 1. The third kappa shape index (κ3) is 4.30.